The van der Waals surface area contributed by atoms with Gasteiger partial charge in [-0.3, -0.25) is 0 Å². The minimum Gasteiger partial charge on any atom is -0.423 e. The van der Waals surface area contributed by atoms with E-state index in [1.165, 1.54) is 0 Å². The Labute approximate surface area is 86.4 Å². The van der Waals surface area contributed by atoms with Crippen molar-refractivity contribution in [2.75, 3.05) is 0 Å². The summed E-state index contributed by atoms with van der Waals surface area (Å²) >= 11 is 8.17. The van der Waals surface area contributed by atoms with E-state index in [1.807, 2.05) is 0 Å². The zero-order valence-corrected chi connectivity index (χ0v) is 8.40. The van der Waals surface area contributed by atoms with Gasteiger partial charge in [0.2, 0.25) is 0 Å². The molecule has 0 aromatic heterocycles. The van der Waals surface area contributed by atoms with Gasteiger partial charge in [0.1, 0.15) is 0 Å². The van der Waals surface area contributed by atoms with Crippen LogP contribution in [0.4, 0.5) is 8.78 Å². The van der Waals surface area contributed by atoms with Crippen LogP contribution in [0.5, 0.6) is 0 Å². The maximum absolute atomic E-state index is 12.9. The molecule has 0 radical (unpaired) electrons. The molecule has 0 unspecified atom stereocenters. The Kier molecular flexibility index (Phi) is 3.29. The Morgan fingerprint density at radius 3 is 2.31 bits per heavy atom. The fourth-order valence-corrected chi connectivity index (χ4v) is 1.34. The van der Waals surface area contributed by atoms with Crippen LogP contribution in [0.2, 0.25) is 5.02 Å². The maximum Gasteiger partial charge on any atom is 0.491 e. The van der Waals surface area contributed by atoms with Crippen molar-refractivity contribution < 1.29 is 18.8 Å². The van der Waals surface area contributed by atoms with E-state index in [0.717, 1.165) is 6.07 Å². The lowest BCUT2D eigenvalue weighted by atomic mass is 9.80. The molecule has 1 rings (SSSR count). The monoisotopic (exact) mass is 270 g/mol. The molecule has 0 saturated heterocycles. The molecule has 0 saturated carbocycles. The summed E-state index contributed by atoms with van der Waals surface area (Å²) in [5.41, 5.74) is -0.561. The first-order valence-electron chi connectivity index (χ1n) is 3.14. The molecule has 1 aromatic rings. The Morgan fingerprint density at radius 2 is 1.85 bits per heavy atom. The molecule has 0 bridgehead atoms. The first-order chi connectivity index (χ1) is 5.95. The Hall–Kier alpha value is -0.165. The van der Waals surface area contributed by atoms with Crippen molar-refractivity contribution in [2.45, 2.75) is 0 Å². The number of halogens is 4. The third-order valence-corrected chi connectivity index (χ3v) is 2.63. The molecular weight excluding hydrogens is 268 g/mol. The third-order valence-electron chi connectivity index (χ3n) is 1.41. The first kappa shape index (κ1) is 10.9. The molecule has 7 heteroatoms. The number of rotatable bonds is 1. The lowest BCUT2D eigenvalue weighted by Gasteiger charge is -2.05. The van der Waals surface area contributed by atoms with Crippen LogP contribution in [0.1, 0.15) is 0 Å². The fraction of sp³-hybridized carbons (Fsp3) is 0. The van der Waals surface area contributed by atoms with Crippen LogP contribution in [-0.4, -0.2) is 17.2 Å². The SMILES string of the molecule is OB(O)c1cc(Br)c(Cl)c(F)c1F. The predicted octanol–water partition coefficient (Wildman–Crippen LogP) is 1.06. The molecule has 0 fully saturated rings. The number of hydrogen-bond acceptors (Lipinski definition) is 2. The lowest BCUT2D eigenvalue weighted by molar-refractivity contribution is 0.420. The molecule has 2 nitrogen and oxygen atoms in total. The fourth-order valence-electron chi connectivity index (χ4n) is 0.779. The second kappa shape index (κ2) is 3.92. The zero-order valence-electron chi connectivity index (χ0n) is 6.06. The Bertz CT molecular complexity index is 348. The number of benzene rings is 1. The average Bonchev–Trinajstić information content (AvgIpc) is 2.07. The molecule has 0 aliphatic carbocycles. The molecule has 13 heavy (non-hydrogen) atoms. The normalized spacial score (nSPS) is 10.3. The van der Waals surface area contributed by atoms with Gasteiger partial charge in [-0.2, -0.15) is 0 Å². The highest BCUT2D eigenvalue weighted by Crippen LogP contribution is 2.25. The molecule has 0 spiro atoms. The van der Waals surface area contributed by atoms with Crippen molar-refractivity contribution in [3.63, 3.8) is 0 Å². The highest BCUT2D eigenvalue weighted by atomic mass is 79.9. The van der Waals surface area contributed by atoms with Gasteiger partial charge in [0, 0.05) is 9.94 Å². The molecule has 70 valence electrons. The smallest absolute Gasteiger partial charge is 0.423 e. The molecule has 0 atom stereocenters. The van der Waals surface area contributed by atoms with Gasteiger partial charge in [0.25, 0.3) is 0 Å². The van der Waals surface area contributed by atoms with Crippen LogP contribution in [0.25, 0.3) is 0 Å². The highest BCUT2D eigenvalue weighted by molar-refractivity contribution is 9.10. The van der Waals surface area contributed by atoms with Crippen LogP contribution in [-0.2, 0) is 0 Å². The zero-order chi connectivity index (χ0) is 10.2. The molecule has 0 aliphatic heterocycles. The van der Waals surface area contributed by atoms with E-state index < -0.39 is 29.2 Å². The quantitative estimate of drug-likeness (QED) is 0.455. The molecule has 0 aliphatic rings. The lowest BCUT2D eigenvalue weighted by Crippen LogP contribution is -2.33. The highest BCUT2D eigenvalue weighted by Gasteiger charge is 2.23. The summed E-state index contributed by atoms with van der Waals surface area (Å²) < 4.78 is 25.8. The summed E-state index contributed by atoms with van der Waals surface area (Å²) in [4.78, 5) is 0. The van der Waals surface area contributed by atoms with Crippen LogP contribution >= 0.6 is 27.5 Å². The molecule has 1 aromatic carbocycles. The predicted molar refractivity (Wildman–Crippen MR) is 48.9 cm³/mol. The van der Waals surface area contributed by atoms with Gasteiger partial charge in [-0.05, 0) is 22.0 Å². The van der Waals surface area contributed by atoms with Crippen molar-refractivity contribution in [3.05, 3.63) is 27.2 Å². The summed E-state index contributed by atoms with van der Waals surface area (Å²) in [7, 11) is -2.07. The summed E-state index contributed by atoms with van der Waals surface area (Å²) in [6, 6.07) is 1.01. The second-order valence-corrected chi connectivity index (χ2v) is 3.50. The van der Waals surface area contributed by atoms with Gasteiger partial charge in [0.05, 0.1) is 5.02 Å². The third kappa shape index (κ3) is 2.02. The van der Waals surface area contributed by atoms with Crippen molar-refractivity contribution in [3.8, 4) is 0 Å². The van der Waals surface area contributed by atoms with Crippen molar-refractivity contribution >= 4 is 40.1 Å². The second-order valence-electron chi connectivity index (χ2n) is 2.26. The van der Waals surface area contributed by atoms with Gasteiger partial charge < -0.3 is 10.0 Å². The van der Waals surface area contributed by atoms with E-state index in [1.54, 1.807) is 0 Å². The number of hydrogen-bond donors (Lipinski definition) is 2. The van der Waals surface area contributed by atoms with Crippen LogP contribution < -0.4 is 5.46 Å². The van der Waals surface area contributed by atoms with Crippen LogP contribution in [0, 0.1) is 11.6 Å². The van der Waals surface area contributed by atoms with Gasteiger partial charge in [-0.1, -0.05) is 11.6 Å². The largest absolute Gasteiger partial charge is 0.491 e. The Balaban J connectivity index is 3.41. The standard InChI is InChI=1S/C6H3BBrClF2O2/c8-3-1-2(7(12)13)5(10)6(11)4(3)9/h1,12-13H. The van der Waals surface area contributed by atoms with Gasteiger partial charge in [0.15, 0.2) is 11.6 Å². The maximum atomic E-state index is 12.9. The van der Waals surface area contributed by atoms with Gasteiger partial charge >= 0.3 is 7.12 Å². The van der Waals surface area contributed by atoms with E-state index >= 15 is 0 Å². The Morgan fingerprint density at radius 1 is 1.31 bits per heavy atom. The van der Waals surface area contributed by atoms with Crippen molar-refractivity contribution in [1.29, 1.82) is 0 Å². The van der Waals surface area contributed by atoms with E-state index in [9.17, 15) is 8.78 Å². The van der Waals surface area contributed by atoms with Crippen molar-refractivity contribution in [1.82, 2.24) is 0 Å². The molecule has 0 amide bonds. The van der Waals surface area contributed by atoms with Crippen LogP contribution in [0.3, 0.4) is 0 Å². The van der Waals surface area contributed by atoms with Crippen molar-refractivity contribution in [2.24, 2.45) is 0 Å². The van der Waals surface area contributed by atoms with Crippen LogP contribution in [0.15, 0.2) is 10.5 Å². The van der Waals surface area contributed by atoms with E-state index in [-0.39, 0.29) is 4.47 Å². The molecular formula is C6H3BBrClF2O2. The van der Waals surface area contributed by atoms with E-state index in [2.05, 4.69) is 15.9 Å². The van der Waals surface area contributed by atoms with Gasteiger partial charge in [-0.25, -0.2) is 8.78 Å². The topological polar surface area (TPSA) is 40.5 Å². The summed E-state index contributed by atoms with van der Waals surface area (Å²) in [6.07, 6.45) is 0. The summed E-state index contributed by atoms with van der Waals surface area (Å²) in [6.45, 7) is 0. The van der Waals surface area contributed by atoms with E-state index in [4.69, 9.17) is 21.6 Å². The molecule has 2 N–H and O–H groups in total. The minimum atomic E-state index is -2.07. The average molecular weight is 271 g/mol. The van der Waals surface area contributed by atoms with Gasteiger partial charge in [-0.15, -0.1) is 0 Å². The summed E-state index contributed by atoms with van der Waals surface area (Å²) in [5, 5.41) is 16.8. The molecule has 0 heterocycles. The first-order valence-corrected chi connectivity index (χ1v) is 4.31. The van der Waals surface area contributed by atoms with E-state index in [0.29, 0.717) is 0 Å². The minimum absolute atomic E-state index is 0.0659. The summed E-state index contributed by atoms with van der Waals surface area (Å²) in [5.74, 6) is -2.66.